The van der Waals surface area contributed by atoms with Crippen LogP contribution in [-0.2, 0) is 4.74 Å². The van der Waals surface area contributed by atoms with Crippen LogP contribution >= 0.6 is 0 Å². The molecule has 0 spiro atoms. The number of rotatable bonds is 3. The highest BCUT2D eigenvalue weighted by Gasteiger charge is 2.55. The molecule has 5 atom stereocenters. The third kappa shape index (κ3) is 2.04. The van der Waals surface area contributed by atoms with E-state index in [0.717, 1.165) is 18.3 Å². The Morgan fingerprint density at radius 1 is 1.00 bits per heavy atom. The Balaban J connectivity index is 1.51. The number of esters is 1. The average molecular weight is 300 g/mol. The van der Waals surface area contributed by atoms with Crippen molar-refractivity contribution in [3.8, 4) is 0 Å². The maximum atomic E-state index is 12.4. The maximum absolute atomic E-state index is 12.4. The van der Waals surface area contributed by atoms with Crippen LogP contribution in [0.5, 0.6) is 0 Å². The van der Waals surface area contributed by atoms with E-state index in [0.29, 0.717) is 11.8 Å². The molecule has 0 radical (unpaired) electrons. The van der Waals surface area contributed by atoms with E-state index in [9.17, 15) is 14.7 Å². The van der Waals surface area contributed by atoms with Gasteiger partial charge in [-0.2, -0.15) is 0 Å². The van der Waals surface area contributed by atoms with Gasteiger partial charge < -0.3 is 9.84 Å². The van der Waals surface area contributed by atoms with E-state index in [-0.39, 0.29) is 17.2 Å². The minimum atomic E-state index is -1.09. The summed E-state index contributed by atoms with van der Waals surface area (Å²) in [4.78, 5) is 23.6. The lowest BCUT2D eigenvalue weighted by Gasteiger charge is -2.31. The third-order valence-corrected chi connectivity index (χ3v) is 6.00. The Hall–Kier alpha value is -1.84. The number of carbonyl (C=O) groups excluding carboxylic acids is 1. The van der Waals surface area contributed by atoms with Crippen molar-refractivity contribution in [3.63, 3.8) is 0 Å². The lowest BCUT2D eigenvalue weighted by Crippen LogP contribution is -2.32. The van der Waals surface area contributed by atoms with E-state index < -0.39 is 11.9 Å². The second-order valence-electron chi connectivity index (χ2n) is 6.95. The molecule has 1 aromatic carbocycles. The molecule has 116 valence electrons. The molecule has 22 heavy (non-hydrogen) atoms. The Labute approximate surface area is 129 Å². The Kier molecular flexibility index (Phi) is 3.21. The molecule has 2 bridgehead atoms. The molecule has 1 aromatic rings. The molecule has 4 nitrogen and oxygen atoms in total. The minimum absolute atomic E-state index is 0.0151. The fraction of sp³-hybridized carbons (Fsp3) is 0.556. The second kappa shape index (κ2) is 5.11. The largest absolute Gasteiger partial charge is 0.478 e. The summed E-state index contributed by atoms with van der Waals surface area (Å²) in [6, 6.07) is 6.29. The van der Waals surface area contributed by atoms with Gasteiger partial charge in [-0.05, 0) is 61.5 Å². The van der Waals surface area contributed by atoms with E-state index in [1.165, 1.54) is 37.8 Å². The topological polar surface area (TPSA) is 63.6 Å². The Bertz CT molecular complexity index is 623. The lowest BCUT2D eigenvalue weighted by atomic mass is 9.80. The van der Waals surface area contributed by atoms with Gasteiger partial charge in [-0.25, -0.2) is 9.59 Å². The summed E-state index contributed by atoms with van der Waals surface area (Å²) in [5, 5.41) is 9.20. The molecule has 0 aromatic heterocycles. The molecule has 3 aliphatic carbocycles. The molecule has 0 aliphatic heterocycles. The van der Waals surface area contributed by atoms with Crippen LogP contribution in [0.25, 0.3) is 0 Å². The standard InChI is InChI=1S/C18H20O4/c19-17(20)13-4-1-2-5-14(13)18(21)22-16-9-10-8-15(16)12-7-3-6-11(10)12/h1-2,4-5,10-12,15-16H,3,6-9H2,(H,19,20)/t10-,11+,12-,15+,16-/m1/s1. The van der Waals surface area contributed by atoms with Crippen LogP contribution in [0.2, 0.25) is 0 Å². The van der Waals surface area contributed by atoms with Crippen LogP contribution in [0.1, 0.15) is 52.8 Å². The zero-order chi connectivity index (χ0) is 15.3. The molecule has 3 fully saturated rings. The van der Waals surface area contributed by atoms with Crippen LogP contribution in [-0.4, -0.2) is 23.1 Å². The average Bonchev–Trinajstić information content (AvgIpc) is 3.19. The molecule has 0 saturated heterocycles. The highest BCUT2D eigenvalue weighted by Crippen LogP contribution is 2.59. The normalized spacial score (nSPS) is 35.4. The third-order valence-electron chi connectivity index (χ3n) is 6.00. The van der Waals surface area contributed by atoms with Gasteiger partial charge in [-0.15, -0.1) is 0 Å². The van der Waals surface area contributed by atoms with Crippen molar-refractivity contribution in [3.05, 3.63) is 35.4 Å². The van der Waals surface area contributed by atoms with Crippen molar-refractivity contribution in [1.82, 2.24) is 0 Å². The van der Waals surface area contributed by atoms with E-state index in [1.54, 1.807) is 12.1 Å². The monoisotopic (exact) mass is 300 g/mol. The van der Waals surface area contributed by atoms with Crippen molar-refractivity contribution in [2.75, 3.05) is 0 Å². The molecule has 0 heterocycles. The number of aromatic carboxylic acids is 1. The second-order valence-corrected chi connectivity index (χ2v) is 6.95. The van der Waals surface area contributed by atoms with E-state index in [1.807, 2.05) is 0 Å². The highest BCUT2D eigenvalue weighted by molar-refractivity contribution is 6.02. The number of fused-ring (bicyclic) bond motifs is 5. The number of ether oxygens (including phenoxy) is 1. The number of hydrogen-bond acceptors (Lipinski definition) is 3. The van der Waals surface area contributed by atoms with Gasteiger partial charge in [0.25, 0.3) is 0 Å². The quantitative estimate of drug-likeness (QED) is 0.869. The summed E-state index contributed by atoms with van der Waals surface area (Å²) in [6.45, 7) is 0. The lowest BCUT2D eigenvalue weighted by molar-refractivity contribution is 0.00115. The molecule has 0 unspecified atom stereocenters. The van der Waals surface area contributed by atoms with Gasteiger partial charge >= 0.3 is 11.9 Å². The highest BCUT2D eigenvalue weighted by atomic mass is 16.5. The zero-order valence-corrected chi connectivity index (χ0v) is 12.4. The molecule has 4 rings (SSSR count). The van der Waals surface area contributed by atoms with Crippen molar-refractivity contribution < 1.29 is 19.4 Å². The minimum Gasteiger partial charge on any atom is -0.478 e. The molecule has 0 amide bonds. The smallest absolute Gasteiger partial charge is 0.339 e. The van der Waals surface area contributed by atoms with Crippen LogP contribution in [0, 0.1) is 23.7 Å². The molecular formula is C18H20O4. The van der Waals surface area contributed by atoms with Gasteiger partial charge in [0.15, 0.2) is 0 Å². The molecule has 3 saturated carbocycles. The van der Waals surface area contributed by atoms with Crippen molar-refractivity contribution >= 4 is 11.9 Å². The first-order chi connectivity index (χ1) is 10.6. The van der Waals surface area contributed by atoms with Gasteiger partial charge in [0.2, 0.25) is 0 Å². The summed E-state index contributed by atoms with van der Waals surface area (Å²) in [5.41, 5.74) is 0.190. The van der Waals surface area contributed by atoms with Gasteiger partial charge in [-0.1, -0.05) is 18.6 Å². The predicted molar refractivity (Wildman–Crippen MR) is 79.6 cm³/mol. The first-order valence-corrected chi connectivity index (χ1v) is 8.18. The van der Waals surface area contributed by atoms with Gasteiger partial charge in [0.05, 0.1) is 11.1 Å². The van der Waals surface area contributed by atoms with Crippen molar-refractivity contribution in [1.29, 1.82) is 0 Å². The SMILES string of the molecule is O=C(O)c1ccccc1C(=O)O[C@@H]1C[C@H]2C[C@H]1[C@@H]1CCC[C@@H]21. The molecule has 3 aliphatic rings. The van der Waals surface area contributed by atoms with Crippen LogP contribution < -0.4 is 0 Å². The number of carboxylic acid groups (broad SMARTS) is 1. The summed E-state index contributed by atoms with van der Waals surface area (Å²) in [5.74, 6) is 1.22. The molecule has 4 heteroatoms. The fourth-order valence-electron chi connectivity index (χ4n) is 5.19. The Morgan fingerprint density at radius 3 is 2.50 bits per heavy atom. The summed E-state index contributed by atoms with van der Waals surface area (Å²) >= 11 is 0. The molecule has 1 N–H and O–H groups in total. The predicted octanol–water partition coefficient (Wildman–Crippen LogP) is 3.37. The summed E-state index contributed by atoms with van der Waals surface area (Å²) in [7, 11) is 0. The summed E-state index contributed by atoms with van der Waals surface area (Å²) in [6.07, 6.45) is 6.06. The van der Waals surface area contributed by atoms with Crippen molar-refractivity contribution in [2.24, 2.45) is 23.7 Å². The number of carboxylic acids is 1. The molecular weight excluding hydrogens is 280 g/mol. The number of carbonyl (C=O) groups is 2. The van der Waals surface area contributed by atoms with Gasteiger partial charge in [0, 0.05) is 0 Å². The zero-order valence-electron chi connectivity index (χ0n) is 12.4. The van der Waals surface area contributed by atoms with Crippen molar-refractivity contribution in [2.45, 2.75) is 38.2 Å². The van der Waals surface area contributed by atoms with Crippen LogP contribution in [0.3, 0.4) is 0 Å². The first kappa shape index (κ1) is 13.8. The van der Waals surface area contributed by atoms with Gasteiger partial charge in [0.1, 0.15) is 6.10 Å². The van der Waals surface area contributed by atoms with Crippen LogP contribution in [0.4, 0.5) is 0 Å². The van der Waals surface area contributed by atoms with E-state index in [4.69, 9.17) is 4.74 Å². The maximum Gasteiger partial charge on any atom is 0.339 e. The Morgan fingerprint density at radius 2 is 1.73 bits per heavy atom. The summed E-state index contributed by atoms with van der Waals surface area (Å²) < 4.78 is 5.73. The van der Waals surface area contributed by atoms with E-state index >= 15 is 0 Å². The fourth-order valence-corrected chi connectivity index (χ4v) is 5.19. The van der Waals surface area contributed by atoms with Crippen LogP contribution in [0.15, 0.2) is 24.3 Å². The van der Waals surface area contributed by atoms with E-state index in [2.05, 4.69) is 0 Å². The first-order valence-electron chi connectivity index (χ1n) is 8.18. The number of hydrogen-bond donors (Lipinski definition) is 1. The van der Waals surface area contributed by atoms with Gasteiger partial charge in [-0.3, -0.25) is 0 Å². The number of benzene rings is 1.